The normalized spacial score (nSPS) is 11.3. The average molecular weight is 408 g/mol. The molecule has 2 aromatic heterocycles. The number of carboxylic acid groups (broad SMARTS) is 1. The molecule has 0 unspecified atom stereocenters. The molecule has 5 nitrogen and oxygen atoms in total. The molecule has 5 heteroatoms. The van der Waals surface area contributed by atoms with Gasteiger partial charge in [-0.05, 0) is 49.2 Å². The van der Waals surface area contributed by atoms with Crippen LogP contribution in [0.25, 0.3) is 44.4 Å². The second-order valence-electron chi connectivity index (χ2n) is 7.67. The summed E-state index contributed by atoms with van der Waals surface area (Å²) in [5.74, 6) is -0.281. The second-order valence-corrected chi connectivity index (χ2v) is 7.67. The van der Waals surface area contributed by atoms with E-state index >= 15 is 0 Å². The Balaban J connectivity index is 1.69. The number of aryl methyl sites for hydroxylation is 2. The van der Waals surface area contributed by atoms with E-state index < -0.39 is 5.97 Å². The maximum absolute atomic E-state index is 12.0. The van der Waals surface area contributed by atoms with Crippen LogP contribution in [-0.4, -0.2) is 21.2 Å². The van der Waals surface area contributed by atoms with Gasteiger partial charge in [-0.1, -0.05) is 54.0 Å². The molecular formula is C26H20N2O3. The van der Waals surface area contributed by atoms with Gasteiger partial charge in [-0.2, -0.15) is 0 Å². The van der Waals surface area contributed by atoms with Crippen LogP contribution in [0.1, 0.15) is 28.4 Å². The van der Waals surface area contributed by atoms with E-state index in [0.717, 1.165) is 34.0 Å². The second kappa shape index (κ2) is 7.36. The predicted molar refractivity (Wildman–Crippen MR) is 121 cm³/mol. The lowest BCUT2D eigenvalue weighted by Gasteiger charge is -2.09. The van der Waals surface area contributed by atoms with Crippen LogP contribution in [-0.2, 0) is 6.42 Å². The number of nitrogens with zero attached hydrogens (tertiary/aromatic N) is 2. The molecule has 0 amide bonds. The molecule has 2 heterocycles. The van der Waals surface area contributed by atoms with Crippen molar-refractivity contribution in [2.75, 3.05) is 0 Å². The Hall–Kier alpha value is -3.99. The Morgan fingerprint density at radius 3 is 2.39 bits per heavy atom. The molecule has 0 atom stereocenters. The lowest BCUT2D eigenvalue weighted by molar-refractivity contribution is 0.0699. The van der Waals surface area contributed by atoms with E-state index in [4.69, 9.17) is 9.51 Å². The van der Waals surface area contributed by atoms with Crippen molar-refractivity contribution in [3.63, 3.8) is 0 Å². The molecule has 1 N–H and O–H groups in total. The van der Waals surface area contributed by atoms with Gasteiger partial charge in [0.2, 0.25) is 0 Å². The standard InChI is InChI=1S/C26H20N2O3/c1-3-16-6-10-22-19(12-16)20(26(29)30)14-24(27-22)18-9-11-23-21(13-18)25(31-28-23)17-7-4-15(2)5-8-17/h4-14H,3H2,1-2H3,(H,29,30). The molecule has 0 bridgehead atoms. The lowest BCUT2D eigenvalue weighted by Crippen LogP contribution is -2.01. The Kier molecular flexibility index (Phi) is 4.51. The Bertz CT molecular complexity index is 1450. The number of carbonyl (C=O) groups is 1. The number of hydrogen-bond donors (Lipinski definition) is 1. The monoisotopic (exact) mass is 408 g/mol. The van der Waals surface area contributed by atoms with Gasteiger partial charge in [-0.15, -0.1) is 0 Å². The third-order valence-electron chi connectivity index (χ3n) is 5.60. The summed E-state index contributed by atoms with van der Waals surface area (Å²) >= 11 is 0. The van der Waals surface area contributed by atoms with Gasteiger partial charge in [-0.25, -0.2) is 9.78 Å². The zero-order valence-corrected chi connectivity index (χ0v) is 17.2. The SMILES string of the molecule is CCc1ccc2nc(-c3ccc4noc(-c5ccc(C)cc5)c4c3)cc(C(=O)O)c2c1. The number of aromatic carboxylic acids is 1. The molecule has 0 aliphatic rings. The van der Waals surface area contributed by atoms with Gasteiger partial charge in [-0.3, -0.25) is 0 Å². The molecule has 0 aliphatic heterocycles. The molecule has 0 fully saturated rings. The molecule has 152 valence electrons. The summed E-state index contributed by atoms with van der Waals surface area (Å²) in [5, 5.41) is 15.5. The molecule has 0 saturated carbocycles. The maximum Gasteiger partial charge on any atom is 0.336 e. The van der Waals surface area contributed by atoms with Gasteiger partial charge in [0.1, 0.15) is 5.52 Å². The highest BCUT2D eigenvalue weighted by Crippen LogP contribution is 2.33. The number of hydrogen-bond acceptors (Lipinski definition) is 4. The number of pyridine rings is 1. The number of carboxylic acids is 1. The van der Waals surface area contributed by atoms with E-state index in [-0.39, 0.29) is 5.56 Å². The van der Waals surface area contributed by atoms with Crippen LogP contribution in [0, 0.1) is 6.92 Å². The topological polar surface area (TPSA) is 76.2 Å². The van der Waals surface area contributed by atoms with Gasteiger partial charge in [0.05, 0.1) is 22.2 Å². The zero-order chi connectivity index (χ0) is 21.5. The first-order valence-electron chi connectivity index (χ1n) is 10.2. The highest BCUT2D eigenvalue weighted by atomic mass is 16.5. The van der Waals surface area contributed by atoms with Crippen LogP contribution in [0.15, 0.2) is 71.3 Å². The lowest BCUT2D eigenvalue weighted by atomic mass is 10.00. The number of rotatable bonds is 4. The molecular weight excluding hydrogens is 388 g/mol. The maximum atomic E-state index is 12.0. The highest BCUT2D eigenvalue weighted by Gasteiger charge is 2.16. The van der Waals surface area contributed by atoms with Crippen LogP contribution in [0.5, 0.6) is 0 Å². The van der Waals surface area contributed by atoms with E-state index in [1.54, 1.807) is 6.07 Å². The summed E-state index contributed by atoms with van der Waals surface area (Å²) in [6.07, 6.45) is 0.836. The smallest absolute Gasteiger partial charge is 0.336 e. The van der Waals surface area contributed by atoms with E-state index in [0.29, 0.717) is 22.4 Å². The van der Waals surface area contributed by atoms with Crippen molar-refractivity contribution in [2.45, 2.75) is 20.3 Å². The van der Waals surface area contributed by atoms with Gasteiger partial charge in [0, 0.05) is 16.5 Å². The summed E-state index contributed by atoms with van der Waals surface area (Å²) in [5.41, 5.74) is 6.26. The number of aromatic nitrogens is 2. The number of benzene rings is 3. The minimum Gasteiger partial charge on any atom is -0.478 e. The molecule has 0 radical (unpaired) electrons. The van der Waals surface area contributed by atoms with E-state index in [9.17, 15) is 9.90 Å². The Morgan fingerprint density at radius 1 is 0.903 bits per heavy atom. The van der Waals surface area contributed by atoms with Crippen molar-refractivity contribution < 1.29 is 14.4 Å². The van der Waals surface area contributed by atoms with Crippen LogP contribution in [0.4, 0.5) is 0 Å². The Labute approximate surface area is 179 Å². The van der Waals surface area contributed by atoms with Gasteiger partial charge in [0.25, 0.3) is 0 Å². The fourth-order valence-corrected chi connectivity index (χ4v) is 3.83. The van der Waals surface area contributed by atoms with Crippen molar-refractivity contribution in [3.05, 3.63) is 83.4 Å². The quantitative estimate of drug-likeness (QED) is 0.379. The van der Waals surface area contributed by atoms with Crippen LogP contribution in [0.3, 0.4) is 0 Å². The summed E-state index contributed by atoms with van der Waals surface area (Å²) in [6.45, 7) is 4.08. The summed E-state index contributed by atoms with van der Waals surface area (Å²) in [4.78, 5) is 16.7. The van der Waals surface area contributed by atoms with Crippen molar-refractivity contribution in [3.8, 4) is 22.6 Å². The zero-order valence-electron chi connectivity index (χ0n) is 17.2. The fourth-order valence-electron chi connectivity index (χ4n) is 3.83. The molecule has 5 aromatic rings. The Morgan fingerprint density at radius 2 is 1.65 bits per heavy atom. The van der Waals surface area contributed by atoms with Crippen LogP contribution < -0.4 is 0 Å². The van der Waals surface area contributed by atoms with Crippen molar-refractivity contribution in [2.24, 2.45) is 0 Å². The van der Waals surface area contributed by atoms with Gasteiger partial charge in [0.15, 0.2) is 5.76 Å². The first-order valence-corrected chi connectivity index (χ1v) is 10.2. The molecule has 0 saturated heterocycles. The third-order valence-corrected chi connectivity index (χ3v) is 5.60. The predicted octanol–water partition coefficient (Wildman–Crippen LogP) is 6.28. The minimum atomic E-state index is -0.965. The van der Waals surface area contributed by atoms with Gasteiger partial charge < -0.3 is 9.63 Å². The molecule has 31 heavy (non-hydrogen) atoms. The molecule has 0 spiro atoms. The first-order chi connectivity index (χ1) is 15.0. The van der Waals surface area contributed by atoms with E-state index in [2.05, 4.69) is 5.16 Å². The third kappa shape index (κ3) is 3.34. The molecule has 5 rings (SSSR count). The summed E-state index contributed by atoms with van der Waals surface area (Å²) in [7, 11) is 0. The fraction of sp³-hybridized carbons (Fsp3) is 0.115. The first kappa shape index (κ1) is 19.0. The van der Waals surface area contributed by atoms with Gasteiger partial charge >= 0.3 is 5.97 Å². The van der Waals surface area contributed by atoms with Crippen molar-refractivity contribution in [1.29, 1.82) is 0 Å². The van der Waals surface area contributed by atoms with Crippen molar-refractivity contribution >= 4 is 27.8 Å². The van der Waals surface area contributed by atoms with E-state index in [1.807, 2.05) is 74.5 Å². The van der Waals surface area contributed by atoms with Crippen LogP contribution in [0.2, 0.25) is 0 Å². The largest absolute Gasteiger partial charge is 0.478 e. The average Bonchev–Trinajstić information content (AvgIpc) is 3.21. The minimum absolute atomic E-state index is 0.250. The summed E-state index contributed by atoms with van der Waals surface area (Å²) in [6, 6.07) is 21.2. The number of fused-ring (bicyclic) bond motifs is 2. The van der Waals surface area contributed by atoms with E-state index in [1.165, 1.54) is 5.56 Å². The molecule has 3 aromatic carbocycles. The van der Waals surface area contributed by atoms with Crippen LogP contribution >= 0.6 is 0 Å². The molecule has 0 aliphatic carbocycles. The summed E-state index contributed by atoms with van der Waals surface area (Å²) < 4.78 is 5.63. The van der Waals surface area contributed by atoms with Crippen molar-refractivity contribution in [1.82, 2.24) is 10.1 Å². The highest BCUT2D eigenvalue weighted by molar-refractivity contribution is 6.04.